The van der Waals surface area contributed by atoms with Crippen molar-refractivity contribution in [3.63, 3.8) is 0 Å². The molecule has 3 aromatic heterocycles. The van der Waals surface area contributed by atoms with Gasteiger partial charge >= 0.3 is 0 Å². The zero-order valence-corrected chi connectivity index (χ0v) is 20.7. The van der Waals surface area contributed by atoms with Crippen LogP contribution in [0.15, 0.2) is 48.9 Å². The highest BCUT2D eigenvalue weighted by atomic mass is 19.1. The van der Waals surface area contributed by atoms with Gasteiger partial charge in [-0.15, -0.1) is 0 Å². The fraction of sp³-hybridized carbons (Fsp3) is 0.333. The Hall–Kier alpha value is -4.14. The molecule has 38 heavy (non-hydrogen) atoms. The van der Waals surface area contributed by atoms with Crippen molar-refractivity contribution in [1.29, 1.82) is 5.26 Å². The van der Waals surface area contributed by atoms with Gasteiger partial charge in [-0.3, -0.25) is 4.98 Å². The Bertz CT molecular complexity index is 1470. The molecule has 0 unspecified atom stereocenters. The molecule has 1 saturated carbocycles. The van der Waals surface area contributed by atoms with E-state index in [-0.39, 0.29) is 35.2 Å². The second-order valence-electron chi connectivity index (χ2n) is 9.56. The van der Waals surface area contributed by atoms with Crippen LogP contribution in [0, 0.1) is 28.9 Å². The number of aromatic hydroxyl groups is 1. The molecule has 1 aromatic carbocycles. The van der Waals surface area contributed by atoms with Crippen LogP contribution in [-0.2, 0) is 4.74 Å². The molecule has 1 aliphatic rings. The number of nitriles is 1. The predicted octanol–water partition coefficient (Wildman–Crippen LogP) is 4.66. The first kappa shape index (κ1) is 25.5. The maximum absolute atomic E-state index is 14.5. The number of hydrogen-bond donors (Lipinski definition) is 3. The Balaban J connectivity index is 1.42. The number of pyridine rings is 1. The van der Waals surface area contributed by atoms with Gasteiger partial charge in [0.1, 0.15) is 17.4 Å². The van der Waals surface area contributed by atoms with Crippen molar-refractivity contribution in [1.82, 2.24) is 19.6 Å². The van der Waals surface area contributed by atoms with Crippen LogP contribution >= 0.6 is 0 Å². The third-order valence-electron chi connectivity index (χ3n) is 6.93. The lowest BCUT2D eigenvalue weighted by Gasteiger charge is -2.39. The van der Waals surface area contributed by atoms with Gasteiger partial charge in [-0.1, -0.05) is 6.92 Å². The van der Waals surface area contributed by atoms with Crippen LogP contribution in [0.5, 0.6) is 5.75 Å². The maximum atomic E-state index is 14.5. The summed E-state index contributed by atoms with van der Waals surface area (Å²) in [5.74, 6) is -1.67. The molecule has 196 valence electrons. The van der Waals surface area contributed by atoms with E-state index in [0.717, 1.165) is 29.8 Å². The number of rotatable bonds is 7. The number of nitrogens with zero attached hydrogens (tertiary/aromatic N) is 5. The standard InChI is InChI=1S/C27H27F2N7O2/c1-15-9-16(10-22(31)26(15)38-8-2-6-30)19-5-7-32-14-24(19)34-27-33-13-17-3-4-23(35-36(17)27)25-20(28)11-18(37)12-21(25)29/h3-5,7,11-16,22,26,37H,2,8-10,31H2,1H3,(H,33,34)/t15-,16+,22+,26-/m0/s1. The molecule has 1 aliphatic carbocycles. The Morgan fingerprint density at radius 2 is 2.00 bits per heavy atom. The first-order valence-electron chi connectivity index (χ1n) is 12.3. The number of phenolic OH excluding ortho intramolecular Hbond substituents is 1. The number of imidazole rings is 1. The van der Waals surface area contributed by atoms with Crippen LogP contribution in [0.4, 0.5) is 20.4 Å². The molecule has 4 atom stereocenters. The van der Waals surface area contributed by atoms with Crippen molar-refractivity contribution < 1.29 is 18.6 Å². The van der Waals surface area contributed by atoms with Crippen LogP contribution in [-0.4, -0.2) is 43.4 Å². The zero-order chi connectivity index (χ0) is 26.8. The van der Waals surface area contributed by atoms with Gasteiger partial charge in [0.2, 0.25) is 5.95 Å². The van der Waals surface area contributed by atoms with Gasteiger partial charge in [0.25, 0.3) is 0 Å². The van der Waals surface area contributed by atoms with Gasteiger partial charge in [0.15, 0.2) is 0 Å². The monoisotopic (exact) mass is 519 g/mol. The molecule has 0 saturated heterocycles. The third kappa shape index (κ3) is 5.01. The number of hydrogen-bond acceptors (Lipinski definition) is 8. The van der Waals surface area contributed by atoms with E-state index < -0.39 is 17.4 Å². The van der Waals surface area contributed by atoms with Gasteiger partial charge in [-0.2, -0.15) is 14.9 Å². The minimum atomic E-state index is -0.920. The minimum Gasteiger partial charge on any atom is -0.508 e. The van der Waals surface area contributed by atoms with Gasteiger partial charge < -0.3 is 20.9 Å². The SMILES string of the molecule is C[C@H]1C[C@@H](c2ccncc2Nc2ncc3ccc(-c4c(F)cc(O)cc4F)nn23)C[C@@H](N)[C@H]1OCCC#N. The van der Waals surface area contributed by atoms with E-state index in [1.807, 2.05) is 6.07 Å². The molecule has 1 fully saturated rings. The van der Waals surface area contributed by atoms with E-state index >= 15 is 0 Å². The van der Waals surface area contributed by atoms with Crippen molar-refractivity contribution in [3.05, 3.63) is 66.1 Å². The second-order valence-corrected chi connectivity index (χ2v) is 9.56. The molecule has 11 heteroatoms. The van der Waals surface area contributed by atoms with E-state index in [1.54, 1.807) is 24.7 Å². The number of phenols is 1. The minimum absolute atomic E-state index is 0.0504. The van der Waals surface area contributed by atoms with Crippen molar-refractivity contribution >= 4 is 17.2 Å². The lowest BCUT2D eigenvalue weighted by atomic mass is 9.74. The molecular formula is C27H27F2N7O2. The summed E-state index contributed by atoms with van der Waals surface area (Å²) in [6.07, 6.45) is 6.78. The largest absolute Gasteiger partial charge is 0.508 e. The zero-order valence-electron chi connectivity index (χ0n) is 20.7. The lowest BCUT2D eigenvalue weighted by molar-refractivity contribution is -0.0198. The Morgan fingerprint density at radius 3 is 2.74 bits per heavy atom. The molecule has 3 heterocycles. The van der Waals surface area contributed by atoms with E-state index in [1.165, 1.54) is 10.6 Å². The number of nitrogens with one attached hydrogen (secondary N) is 1. The van der Waals surface area contributed by atoms with Gasteiger partial charge in [-0.25, -0.2) is 13.8 Å². The first-order valence-corrected chi connectivity index (χ1v) is 12.3. The fourth-order valence-corrected chi connectivity index (χ4v) is 5.24. The molecule has 9 nitrogen and oxygen atoms in total. The lowest BCUT2D eigenvalue weighted by Crippen LogP contribution is -2.46. The number of aromatic nitrogens is 4. The van der Waals surface area contributed by atoms with Crippen molar-refractivity contribution in [2.24, 2.45) is 11.7 Å². The molecule has 0 aliphatic heterocycles. The quantitative estimate of drug-likeness (QED) is 0.300. The maximum Gasteiger partial charge on any atom is 0.229 e. The first-order chi connectivity index (χ1) is 18.4. The van der Waals surface area contributed by atoms with E-state index in [4.69, 9.17) is 15.7 Å². The van der Waals surface area contributed by atoms with Crippen LogP contribution in [0.25, 0.3) is 16.8 Å². The van der Waals surface area contributed by atoms with E-state index in [0.29, 0.717) is 30.9 Å². The number of fused-ring (bicyclic) bond motifs is 1. The van der Waals surface area contributed by atoms with Crippen molar-refractivity contribution in [2.45, 2.75) is 44.2 Å². The highest BCUT2D eigenvalue weighted by Gasteiger charge is 2.35. The Kier molecular flexibility index (Phi) is 7.18. The summed E-state index contributed by atoms with van der Waals surface area (Å²) in [5.41, 5.74) is 8.56. The smallest absolute Gasteiger partial charge is 0.229 e. The molecule has 0 amide bonds. The van der Waals surface area contributed by atoms with E-state index in [9.17, 15) is 13.9 Å². The number of ether oxygens (including phenoxy) is 1. The summed E-state index contributed by atoms with van der Waals surface area (Å²) in [5, 5.41) is 26.0. The number of nitrogens with two attached hydrogens (primary N) is 1. The van der Waals surface area contributed by atoms with Gasteiger partial charge in [-0.05, 0) is 48.4 Å². The molecule has 5 rings (SSSR count). The highest BCUT2D eigenvalue weighted by molar-refractivity contribution is 5.66. The summed E-state index contributed by atoms with van der Waals surface area (Å²) in [6, 6.07) is 8.69. The summed E-state index contributed by atoms with van der Waals surface area (Å²) in [6.45, 7) is 2.47. The van der Waals surface area contributed by atoms with Crippen LogP contribution in [0.1, 0.15) is 37.7 Å². The Morgan fingerprint density at radius 1 is 1.21 bits per heavy atom. The highest BCUT2D eigenvalue weighted by Crippen LogP contribution is 2.40. The topological polar surface area (TPSA) is 134 Å². The van der Waals surface area contributed by atoms with Crippen LogP contribution in [0.3, 0.4) is 0 Å². The van der Waals surface area contributed by atoms with E-state index in [2.05, 4.69) is 33.4 Å². The molecule has 0 bridgehead atoms. The van der Waals surface area contributed by atoms with Crippen molar-refractivity contribution in [3.8, 4) is 23.1 Å². The molecular weight excluding hydrogens is 492 g/mol. The molecule has 4 N–H and O–H groups in total. The number of anilines is 2. The third-order valence-corrected chi connectivity index (χ3v) is 6.93. The van der Waals surface area contributed by atoms with Gasteiger partial charge in [0.05, 0.1) is 60.1 Å². The van der Waals surface area contributed by atoms with Crippen LogP contribution in [0.2, 0.25) is 0 Å². The van der Waals surface area contributed by atoms with Gasteiger partial charge in [0, 0.05) is 24.4 Å². The molecule has 4 aromatic rings. The average Bonchev–Trinajstić information content (AvgIpc) is 3.27. The second kappa shape index (κ2) is 10.7. The van der Waals surface area contributed by atoms with Crippen molar-refractivity contribution in [2.75, 3.05) is 11.9 Å². The number of halogens is 2. The summed E-state index contributed by atoms with van der Waals surface area (Å²) >= 11 is 0. The summed E-state index contributed by atoms with van der Waals surface area (Å²) < 4.78 is 36.3. The molecule has 0 radical (unpaired) electrons. The molecule has 0 spiro atoms. The number of benzene rings is 1. The fourth-order valence-electron chi connectivity index (χ4n) is 5.24. The normalized spacial score (nSPS) is 21.3. The average molecular weight is 520 g/mol. The summed E-state index contributed by atoms with van der Waals surface area (Å²) in [7, 11) is 0. The summed E-state index contributed by atoms with van der Waals surface area (Å²) in [4.78, 5) is 8.69. The Labute approximate surface area is 217 Å². The predicted molar refractivity (Wildman–Crippen MR) is 137 cm³/mol. The van der Waals surface area contributed by atoms with Crippen LogP contribution < -0.4 is 11.1 Å².